The van der Waals surface area contributed by atoms with Crippen molar-refractivity contribution in [1.82, 2.24) is 15.1 Å². The van der Waals surface area contributed by atoms with Gasteiger partial charge in [-0.25, -0.2) is 0 Å². The standard InChI is InChI=1S/C13H15BrN4O2S/c14-10-5-4-9(20-10)12(19)15-13-17-16-11(21-13)8-18-6-2-1-3-7-18/h4-5H,1-3,6-8H2,(H,15,17,19). The lowest BCUT2D eigenvalue weighted by Gasteiger charge is -2.24. The van der Waals surface area contributed by atoms with E-state index < -0.39 is 0 Å². The molecule has 2 aromatic rings. The van der Waals surface area contributed by atoms with Gasteiger partial charge in [0.15, 0.2) is 10.4 Å². The molecule has 0 radical (unpaired) electrons. The Morgan fingerprint density at radius 1 is 1.33 bits per heavy atom. The number of piperidine rings is 1. The fraction of sp³-hybridized carbons (Fsp3) is 0.462. The lowest BCUT2D eigenvalue weighted by atomic mass is 10.1. The summed E-state index contributed by atoms with van der Waals surface area (Å²) in [5.74, 6) is -0.0731. The van der Waals surface area contributed by atoms with Crippen LogP contribution in [0.2, 0.25) is 0 Å². The number of carbonyl (C=O) groups excluding carboxylic acids is 1. The molecule has 0 bridgehead atoms. The fourth-order valence-corrected chi connectivity index (χ4v) is 3.36. The van der Waals surface area contributed by atoms with Gasteiger partial charge in [-0.2, -0.15) is 0 Å². The molecule has 0 unspecified atom stereocenters. The van der Waals surface area contributed by atoms with E-state index in [-0.39, 0.29) is 11.7 Å². The number of aromatic nitrogens is 2. The average Bonchev–Trinajstić information content (AvgIpc) is 3.09. The predicted molar refractivity (Wildman–Crippen MR) is 83.4 cm³/mol. The quantitative estimate of drug-likeness (QED) is 0.894. The van der Waals surface area contributed by atoms with Crippen molar-refractivity contribution < 1.29 is 9.21 Å². The summed E-state index contributed by atoms with van der Waals surface area (Å²) in [4.78, 5) is 14.3. The number of amides is 1. The van der Waals surface area contributed by atoms with E-state index in [0.29, 0.717) is 9.80 Å². The summed E-state index contributed by atoms with van der Waals surface area (Å²) in [6, 6.07) is 3.28. The maximum Gasteiger partial charge on any atom is 0.293 e. The Labute approximate surface area is 134 Å². The van der Waals surface area contributed by atoms with E-state index in [0.717, 1.165) is 24.6 Å². The minimum Gasteiger partial charge on any atom is -0.444 e. The van der Waals surface area contributed by atoms with E-state index in [9.17, 15) is 4.79 Å². The van der Waals surface area contributed by atoms with Gasteiger partial charge in [-0.1, -0.05) is 17.8 Å². The van der Waals surface area contributed by atoms with E-state index in [1.807, 2.05) is 0 Å². The second-order valence-corrected chi connectivity index (χ2v) is 6.74. The first-order chi connectivity index (χ1) is 10.2. The van der Waals surface area contributed by atoms with Crippen molar-refractivity contribution >= 4 is 38.3 Å². The van der Waals surface area contributed by atoms with Gasteiger partial charge in [0.2, 0.25) is 5.13 Å². The van der Waals surface area contributed by atoms with Gasteiger partial charge in [0, 0.05) is 0 Å². The fourth-order valence-electron chi connectivity index (χ4n) is 2.27. The molecule has 6 nitrogen and oxygen atoms in total. The zero-order valence-corrected chi connectivity index (χ0v) is 13.7. The van der Waals surface area contributed by atoms with Crippen LogP contribution in [0.3, 0.4) is 0 Å². The Morgan fingerprint density at radius 2 is 2.14 bits per heavy atom. The second-order valence-electron chi connectivity index (χ2n) is 4.90. The van der Waals surface area contributed by atoms with Crippen molar-refractivity contribution in [1.29, 1.82) is 0 Å². The third kappa shape index (κ3) is 3.90. The third-order valence-corrected chi connectivity index (χ3v) is 4.54. The van der Waals surface area contributed by atoms with Crippen molar-refractivity contribution in [2.45, 2.75) is 25.8 Å². The van der Waals surface area contributed by atoms with Crippen molar-refractivity contribution in [2.75, 3.05) is 18.4 Å². The molecule has 3 heterocycles. The van der Waals surface area contributed by atoms with Crippen molar-refractivity contribution in [3.63, 3.8) is 0 Å². The van der Waals surface area contributed by atoms with Gasteiger partial charge in [0.05, 0.1) is 6.54 Å². The molecule has 1 fully saturated rings. The molecule has 0 spiro atoms. The normalized spacial score (nSPS) is 16.0. The molecule has 1 aliphatic heterocycles. The summed E-state index contributed by atoms with van der Waals surface area (Å²) in [7, 11) is 0. The Hall–Kier alpha value is -1.25. The van der Waals surface area contributed by atoms with E-state index in [1.165, 1.54) is 30.6 Å². The Kier molecular flexibility index (Phi) is 4.67. The van der Waals surface area contributed by atoms with Gasteiger partial charge < -0.3 is 4.42 Å². The number of hydrogen-bond acceptors (Lipinski definition) is 6. The molecule has 0 aromatic carbocycles. The van der Waals surface area contributed by atoms with Crippen LogP contribution in [-0.2, 0) is 6.54 Å². The number of halogens is 1. The molecule has 0 atom stereocenters. The van der Waals surface area contributed by atoms with Crippen molar-refractivity contribution in [2.24, 2.45) is 0 Å². The number of nitrogens with zero attached hydrogens (tertiary/aromatic N) is 3. The summed E-state index contributed by atoms with van der Waals surface area (Å²) >= 11 is 4.57. The first kappa shape index (κ1) is 14.7. The van der Waals surface area contributed by atoms with Crippen LogP contribution in [0.5, 0.6) is 0 Å². The molecule has 3 rings (SSSR count). The van der Waals surface area contributed by atoms with Crippen LogP contribution < -0.4 is 5.32 Å². The molecular weight excluding hydrogens is 356 g/mol. The third-order valence-electron chi connectivity index (χ3n) is 3.29. The number of nitrogens with one attached hydrogen (secondary N) is 1. The maximum atomic E-state index is 11.9. The number of hydrogen-bond donors (Lipinski definition) is 1. The van der Waals surface area contributed by atoms with Gasteiger partial charge in [0.1, 0.15) is 5.01 Å². The zero-order chi connectivity index (χ0) is 14.7. The summed E-state index contributed by atoms with van der Waals surface area (Å²) in [6.07, 6.45) is 3.80. The Bertz CT molecular complexity index is 621. The Morgan fingerprint density at radius 3 is 2.86 bits per heavy atom. The topological polar surface area (TPSA) is 71.3 Å². The second kappa shape index (κ2) is 6.67. The van der Waals surface area contributed by atoms with Crippen LogP contribution in [0.15, 0.2) is 21.2 Å². The molecule has 1 N–H and O–H groups in total. The molecule has 0 aliphatic carbocycles. The molecule has 1 amide bonds. The lowest BCUT2D eigenvalue weighted by Crippen LogP contribution is -2.28. The SMILES string of the molecule is O=C(Nc1nnc(CN2CCCCC2)s1)c1ccc(Br)o1. The van der Waals surface area contributed by atoms with Crippen LogP contribution in [0.25, 0.3) is 0 Å². The number of anilines is 1. The van der Waals surface area contributed by atoms with Gasteiger partial charge in [-0.3, -0.25) is 15.0 Å². The van der Waals surface area contributed by atoms with Crippen LogP contribution >= 0.6 is 27.3 Å². The molecule has 0 saturated carbocycles. The van der Waals surface area contributed by atoms with Gasteiger partial charge >= 0.3 is 0 Å². The van der Waals surface area contributed by atoms with E-state index >= 15 is 0 Å². The van der Waals surface area contributed by atoms with Gasteiger partial charge in [-0.15, -0.1) is 10.2 Å². The predicted octanol–water partition coefficient (Wildman–Crippen LogP) is 3.13. The molecule has 1 aliphatic rings. The molecule has 2 aromatic heterocycles. The van der Waals surface area contributed by atoms with Crippen molar-refractivity contribution in [3.8, 4) is 0 Å². The lowest BCUT2D eigenvalue weighted by molar-refractivity contribution is 0.0995. The highest BCUT2D eigenvalue weighted by Crippen LogP contribution is 2.21. The first-order valence-corrected chi connectivity index (χ1v) is 8.43. The van der Waals surface area contributed by atoms with Crippen LogP contribution in [0.4, 0.5) is 5.13 Å². The summed E-state index contributed by atoms with van der Waals surface area (Å²) in [5.41, 5.74) is 0. The van der Waals surface area contributed by atoms with Gasteiger partial charge in [-0.05, 0) is 54.0 Å². The highest BCUT2D eigenvalue weighted by Gasteiger charge is 2.16. The van der Waals surface area contributed by atoms with Crippen molar-refractivity contribution in [3.05, 3.63) is 27.6 Å². The zero-order valence-electron chi connectivity index (χ0n) is 11.3. The molecule has 8 heteroatoms. The van der Waals surface area contributed by atoms with Crippen LogP contribution in [-0.4, -0.2) is 34.1 Å². The maximum absolute atomic E-state index is 11.9. The summed E-state index contributed by atoms with van der Waals surface area (Å²) in [5, 5.41) is 12.3. The highest BCUT2D eigenvalue weighted by atomic mass is 79.9. The summed E-state index contributed by atoms with van der Waals surface area (Å²) in [6.45, 7) is 3.03. The number of carbonyl (C=O) groups is 1. The Balaban J connectivity index is 1.58. The molecule has 1 saturated heterocycles. The number of likely N-dealkylation sites (tertiary alicyclic amines) is 1. The van der Waals surface area contributed by atoms with E-state index in [2.05, 4.69) is 36.3 Å². The van der Waals surface area contributed by atoms with Crippen LogP contribution in [0, 0.1) is 0 Å². The van der Waals surface area contributed by atoms with Crippen LogP contribution in [0.1, 0.15) is 34.8 Å². The highest BCUT2D eigenvalue weighted by molar-refractivity contribution is 9.10. The minimum absolute atomic E-state index is 0.245. The largest absolute Gasteiger partial charge is 0.444 e. The molecule has 21 heavy (non-hydrogen) atoms. The molecule has 112 valence electrons. The minimum atomic E-state index is -0.318. The van der Waals surface area contributed by atoms with E-state index in [1.54, 1.807) is 12.1 Å². The average molecular weight is 371 g/mol. The van der Waals surface area contributed by atoms with E-state index in [4.69, 9.17) is 4.42 Å². The number of furan rings is 1. The first-order valence-electron chi connectivity index (χ1n) is 6.82. The monoisotopic (exact) mass is 370 g/mol. The smallest absolute Gasteiger partial charge is 0.293 e. The number of rotatable bonds is 4. The summed E-state index contributed by atoms with van der Waals surface area (Å²) < 4.78 is 5.72. The van der Waals surface area contributed by atoms with Gasteiger partial charge in [0.25, 0.3) is 5.91 Å². The molecular formula is C13H15BrN4O2S.